The van der Waals surface area contributed by atoms with Crippen molar-refractivity contribution in [2.45, 2.75) is 192 Å². The summed E-state index contributed by atoms with van der Waals surface area (Å²) < 4.78 is 56.4. The lowest BCUT2D eigenvalue weighted by Gasteiger charge is -2.21. The van der Waals surface area contributed by atoms with Crippen molar-refractivity contribution >= 4 is 33.4 Å². The van der Waals surface area contributed by atoms with E-state index in [4.69, 9.17) is 29.0 Å². The van der Waals surface area contributed by atoms with Gasteiger partial charge in [-0.3, -0.25) is 23.2 Å². The summed E-state index contributed by atoms with van der Waals surface area (Å²) in [6.07, 6.45) is 11.0. The number of esters is 2. The number of ether oxygens (including phenoxy) is 3. The maximum Gasteiger partial charge on any atom is 0.481 e. The van der Waals surface area contributed by atoms with E-state index in [1.807, 2.05) is 12.2 Å². The second-order valence-corrected chi connectivity index (χ2v) is 19.7. The lowest BCUT2D eigenvalue weighted by Crippen LogP contribution is -2.36. The minimum atomic E-state index is -5.44. The first-order valence-corrected chi connectivity index (χ1v) is 25.7. The molecule has 370 valence electrons. The fourth-order valence-corrected chi connectivity index (χ4v) is 8.87. The van der Waals surface area contributed by atoms with Crippen LogP contribution in [0.4, 0.5) is 5.82 Å². The average Bonchev–Trinajstić information content (AvgIpc) is 3.50. The largest absolute Gasteiger partial charge is 0.481 e. The Labute approximate surface area is 377 Å². The highest BCUT2D eigenvalue weighted by Crippen LogP contribution is 2.60. The Morgan fingerprint density at radius 1 is 0.828 bits per heavy atom. The van der Waals surface area contributed by atoms with Crippen molar-refractivity contribution in [3.63, 3.8) is 0 Å². The maximum absolute atomic E-state index is 12.8. The van der Waals surface area contributed by atoms with E-state index < -0.39 is 95.9 Å². The summed E-state index contributed by atoms with van der Waals surface area (Å²) in [6, 6.07) is 1.24. The molecule has 2 heterocycles. The normalized spacial score (nSPS) is 21.1. The van der Waals surface area contributed by atoms with Gasteiger partial charge in [-0.05, 0) is 50.5 Å². The van der Waals surface area contributed by atoms with E-state index in [1.54, 1.807) is 0 Å². The second-order valence-electron chi connectivity index (χ2n) is 16.7. The molecule has 1 aliphatic heterocycles. The number of hydrogen-bond donors (Lipinski definition) is 7. The van der Waals surface area contributed by atoms with Crippen molar-refractivity contribution in [3.8, 4) is 0 Å². The molecule has 9 atom stereocenters. The number of nitrogen functional groups attached to an aromatic ring is 1. The van der Waals surface area contributed by atoms with Crippen molar-refractivity contribution < 1.29 is 76.5 Å². The fraction of sp³-hybridized carbons (Fsp3) is 0.810. The Hall–Kier alpha value is -2.58. The molecule has 0 amide bonds. The number of aromatic nitrogens is 2. The highest BCUT2D eigenvalue weighted by molar-refractivity contribution is 7.61. The molecule has 64 heavy (non-hydrogen) atoms. The highest BCUT2D eigenvalue weighted by Gasteiger charge is 2.46. The van der Waals surface area contributed by atoms with Crippen LogP contribution >= 0.6 is 15.6 Å². The van der Waals surface area contributed by atoms with Crippen molar-refractivity contribution in [1.29, 1.82) is 0 Å². The lowest BCUT2D eigenvalue weighted by molar-refractivity contribution is -0.161. The molecule has 8 N–H and O–H groups in total. The van der Waals surface area contributed by atoms with Crippen LogP contribution in [-0.2, 0) is 46.3 Å². The van der Waals surface area contributed by atoms with Crippen LogP contribution in [-0.4, -0.2) is 108 Å². The van der Waals surface area contributed by atoms with Gasteiger partial charge < -0.3 is 50.2 Å². The molecule has 0 aliphatic carbocycles. The van der Waals surface area contributed by atoms with Gasteiger partial charge in [-0.1, -0.05) is 110 Å². The van der Waals surface area contributed by atoms with Gasteiger partial charge in [0.05, 0.1) is 25.4 Å². The van der Waals surface area contributed by atoms with Crippen LogP contribution in [0.25, 0.3) is 0 Å². The van der Waals surface area contributed by atoms with E-state index in [2.05, 4.69) is 30.1 Å². The minimum Gasteiger partial charge on any atom is -0.462 e. The van der Waals surface area contributed by atoms with Crippen molar-refractivity contribution in [3.05, 3.63) is 34.9 Å². The molecular formula is C42H75N3O17P2. The van der Waals surface area contributed by atoms with Crippen LogP contribution in [0.3, 0.4) is 0 Å². The van der Waals surface area contributed by atoms with E-state index in [9.17, 15) is 53.7 Å². The SMILES string of the molecule is CCCCC/C=C\C[C@@H](O)[C@H](O)CCCCCCCC(=O)OC[C@H](COP(=O)(O)OP(=O)(O)OC[C@H]1O[C@@H](n2ccc(N)nc2=O)[C@H](O)[C@@H]1O)OC(=O)CCCCCCCCC(C)C. The van der Waals surface area contributed by atoms with Gasteiger partial charge in [0, 0.05) is 19.0 Å². The van der Waals surface area contributed by atoms with Gasteiger partial charge >= 0.3 is 33.3 Å². The predicted molar refractivity (Wildman–Crippen MR) is 236 cm³/mol. The summed E-state index contributed by atoms with van der Waals surface area (Å²) >= 11 is 0. The molecule has 2 rings (SSSR count). The molecule has 20 nitrogen and oxygen atoms in total. The van der Waals surface area contributed by atoms with E-state index >= 15 is 0 Å². The number of nitrogens with two attached hydrogens (primary N) is 1. The van der Waals surface area contributed by atoms with Gasteiger partial charge in [-0.2, -0.15) is 9.29 Å². The summed E-state index contributed by atoms with van der Waals surface area (Å²) in [5.74, 6) is -0.776. The van der Waals surface area contributed by atoms with E-state index in [0.717, 1.165) is 87.8 Å². The molecule has 1 fully saturated rings. The number of aliphatic hydroxyl groups is 4. The van der Waals surface area contributed by atoms with Gasteiger partial charge in [0.2, 0.25) is 0 Å². The molecule has 0 aromatic carbocycles. The van der Waals surface area contributed by atoms with Gasteiger partial charge in [-0.25, -0.2) is 13.9 Å². The van der Waals surface area contributed by atoms with Gasteiger partial charge in [-0.15, -0.1) is 0 Å². The summed E-state index contributed by atoms with van der Waals surface area (Å²) in [6.45, 7) is 4.09. The number of rotatable bonds is 36. The number of carbonyl (C=O) groups excluding carboxylic acids is 2. The number of aliphatic hydroxyl groups excluding tert-OH is 4. The van der Waals surface area contributed by atoms with E-state index in [1.165, 1.54) is 6.07 Å². The molecule has 1 aromatic rings. The lowest BCUT2D eigenvalue weighted by atomic mass is 10.0. The first-order valence-electron chi connectivity index (χ1n) is 22.7. The number of phosphoric acid groups is 2. The molecule has 0 bridgehead atoms. The van der Waals surface area contributed by atoms with Gasteiger partial charge in [0.25, 0.3) is 0 Å². The van der Waals surface area contributed by atoms with Crippen LogP contribution < -0.4 is 11.4 Å². The Balaban J connectivity index is 1.85. The molecule has 1 aromatic heterocycles. The zero-order valence-electron chi connectivity index (χ0n) is 37.7. The Morgan fingerprint density at radius 2 is 1.44 bits per heavy atom. The van der Waals surface area contributed by atoms with Crippen molar-refractivity contribution in [2.75, 3.05) is 25.6 Å². The predicted octanol–water partition coefficient (Wildman–Crippen LogP) is 5.91. The smallest absolute Gasteiger partial charge is 0.462 e. The molecular weight excluding hydrogens is 880 g/mol. The summed E-state index contributed by atoms with van der Waals surface area (Å²) in [5.41, 5.74) is 4.56. The van der Waals surface area contributed by atoms with Crippen molar-refractivity contribution in [2.24, 2.45) is 5.92 Å². The Kier molecular flexibility index (Phi) is 28.2. The van der Waals surface area contributed by atoms with Crippen LogP contribution in [0.5, 0.6) is 0 Å². The number of hydrogen-bond acceptors (Lipinski definition) is 17. The molecule has 0 saturated carbocycles. The number of nitrogens with zero attached hydrogens (tertiary/aromatic N) is 2. The van der Waals surface area contributed by atoms with Gasteiger partial charge in [0.1, 0.15) is 30.7 Å². The molecule has 2 unspecified atom stereocenters. The Bertz CT molecular complexity index is 1670. The van der Waals surface area contributed by atoms with Crippen LogP contribution in [0.2, 0.25) is 0 Å². The third-order valence-corrected chi connectivity index (χ3v) is 13.1. The number of carbonyl (C=O) groups is 2. The van der Waals surface area contributed by atoms with Gasteiger partial charge in [0.15, 0.2) is 12.3 Å². The van der Waals surface area contributed by atoms with Crippen molar-refractivity contribution in [1.82, 2.24) is 9.55 Å². The third-order valence-electron chi connectivity index (χ3n) is 10.5. The van der Waals surface area contributed by atoms with Crippen LogP contribution in [0.15, 0.2) is 29.2 Å². The fourth-order valence-electron chi connectivity index (χ4n) is 6.76. The van der Waals surface area contributed by atoms with Crippen LogP contribution in [0.1, 0.15) is 155 Å². The molecule has 1 saturated heterocycles. The molecule has 22 heteroatoms. The van der Waals surface area contributed by atoms with E-state index in [0.29, 0.717) is 44.4 Å². The molecule has 0 radical (unpaired) electrons. The zero-order chi connectivity index (χ0) is 47.5. The van der Waals surface area contributed by atoms with Crippen LogP contribution in [0, 0.1) is 5.92 Å². The topological polar surface area (TPSA) is 306 Å². The summed E-state index contributed by atoms with van der Waals surface area (Å²) in [7, 11) is -10.9. The minimum absolute atomic E-state index is 0.0175. The molecule has 1 aliphatic rings. The zero-order valence-corrected chi connectivity index (χ0v) is 39.5. The monoisotopic (exact) mass is 955 g/mol. The summed E-state index contributed by atoms with van der Waals surface area (Å²) in [5, 5.41) is 41.3. The first kappa shape index (κ1) is 57.5. The van der Waals surface area contributed by atoms with E-state index in [-0.39, 0.29) is 18.7 Å². The maximum atomic E-state index is 12.8. The first-order chi connectivity index (χ1) is 30.3. The Morgan fingerprint density at radius 3 is 2.08 bits per heavy atom. The third kappa shape index (κ3) is 24.8. The number of allylic oxidation sites excluding steroid dienone is 1. The standard InChI is InChI=1S/C42H75N3O17P2/c1-4-5-6-7-12-17-22-33(46)34(47)23-18-13-10-15-19-24-37(48)57-28-32(60-38(49)25-20-14-9-8-11-16-21-31(2)3)29-58-63(53,54)62-64(55,56)59-30-35-39(50)40(51)41(61-35)45-27-26-36(43)44-42(45)52/h12,17,26-27,31-35,39-41,46-47,50-51H,4-11,13-16,18-25,28-30H2,1-3H3,(H,53,54)(H,55,56)(H2,43,44,52)/b17-12-/t32-,33-,34-,35-,39-,40-,41-/m1/s1. The number of unbranched alkanes of at least 4 members (excludes halogenated alkanes) is 12. The summed E-state index contributed by atoms with van der Waals surface area (Å²) in [4.78, 5) is 61.6. The highest BCUT2D eigenvalue weighted by atomic mass is 31.3. The quantitative estimate of drug-likeness (QED) is 0.0178. The second kappa shape index (κ2) is 31.4. The average molecular weight is 956 g/mol. The number of anilines is 1. The number of phosphoric ester groups is 2. The molecule has 0 spiro atoms.